The molecule has 0 heterocycles. The minimum Gasteiger partial charge on any atom is -0.0654 e. The molecule has 0 nitrogen and oxygen atoms in total. The Morgan fingerprint density at radius 3 is 0.733 bits per heavy atom. The van der Waals surface area contributed by atoms with Crippen molar-refractivity contribution in [3.63, 3.8) is 0 Å². The van der Waals surface area contributed by atoms with E-state index < -0.39 is 0 Å². The van der Waals surface area contributed by atoms with E-state index >= 15 is 0 Å². The molecule has 0 N–H and O–H groups in total. The molecule has 271 valence electrons. The molecule has 1 unspecified atom stereocenters. The predicted molar refractivity (Wildman–Crippen MR) is 209 cm³/mol. The Hall–Kier alpha value is 0. The van der Waals surface area contributed by atoms with Gasteiger partial charge in [0.1, 0.15) is 0 Å². The largest absolute Gasteiger partial charge is 0.0654 e. The summed E-state index contributed by atoms with van der Waals surface area (Å²) < 4.78 is 0. The Morgan fingerprint density at radius 2 is 0.444 bits per heavy atom. The van der Waals surface area contributed by atoms with Crippen LogP contribution in [0.15, 0.2) is 0 Å². The average molecular weight is 632 g/mol. The van der Waals surface area contributed by atoms with Gasteiger partial charge in [-0.25, -0.2) is 0 Å². The first-order valence-electron chi connectivity index (χ1n) is 22.1. The number of hydrogen-bond acceptors (Lipinski definition) is 0. The van der Waals surface area contributed by atoms with Crippen LogP contribution in [0.5, 0.6) is 0 Å². The maximum atomic E-state index is 2.42. The van der Waals surface area contributed by atoms with Crippen LogP contribution in [0.2, 0.25) is 0 Å². The molecule has 0 spiro atoms. The van der Waals surface area contributed by atoms with Crippen molar-refractivity contribution in [3.8, 4) is 0 Å². The van der Waals surface area contributed by atoms with Crippen LogP contribution in [0.4, 0.5) is 0 Å². The van der Waals surface area contributed by atoms with Gasteiger partial charge in [-0.15, -0.1) is 0 Å². The van der Waals surface area contributed by atoms with Crippen molar-refractivity contribution in [2.75, 3.05) is 0 Å². The molecule has 0 aromatic heterocycles. The van der Waals surface area contributed by atoms with Crippen molar-refractivity contribution in [1.29, 1.82) is 0 Å². The fraction of sp³-hybridized carbons (Fsp3) is 0.978. The Kier molecular flexibility index (Phi) is 36.8. The van der Waals surface area contributed by atoms with E-state index in [-0.39, 0.29) is 0 Å². The predicted octanol–water partition coefficient (Wildman–Crippen LogP) is 17.5. The maximum Gasteiger partial charge on any atom is -0.0179 e. The van der Waals surface area contributed by atoms with E-state index in [0.717, 1.165) is 0 Å². The van der Waals surface area contributed by atoms with Crippen molar-refractivity contribution < 1.29 is 0 Å². The average Bonchev–Trinajstić information content (AvgIpc) is 3.05. The van der Waals surface area contributed by atoms with E-state index in [9.17, 15) is 0 Å². The van der Waals surface area contributed by atoms with Crippen LogP contribution in [-0.4, -0.2) is 0 Å². The van der Waals surface area contributed by atoms with Gasteiger partial charge in [-0.1, -0.05) is 247 Å². The van der Waals surface area contributed by atoms with Gasteiger partial charge < -0.3 is 0 Å². The number of unbranched alkanes of at least 4 members (excludes halogenated alkanes) is 28. The van der Waals surface area contributed by atoms with Gasteiger partial charge in [-0.3, -0.25) is 0 Å². The van der Waals surface area contributed by atoms with E-state index in [0.29, 0.717) is 5.41 Å². The molecule has 0 fully saturated rings. The van der Waals surface area contributed by atoms with E-state index in [1.165, 1.54) is 244 Å². The molecular formula is C45H91. The first-order chi connectivity index (χ1) is 22.2. The highest BCUT2D eigenvalue weighted by atomic mass is 14.4. The van der Waals surface area contributed by atoms with Crippen LogP contribution in [0.3, 0.4) is 0 Å². The normalized spacial score (nSPS) is 13.2. The highest BCUT2D eigenvalue weighted by molar-refractivity contribution is 5.07. The Labute approximate surface area is 289 Å². The van der Waals surface area contributed by atoms with E-state index in [2.05, 4.69) is 40.5 Å². The second kappa shape index (κ2) is 36.8. The van der Waals surface area contributed by atoms with Crippen LogP contribution in [-0.2, 0) is 0 Å². The molecule has 0 bridgehead atoms. The number of hydrogen-bond donors (Lipinski definition) is 0. The lowest BCUT2D eigenvalue weighted by Crippen LogP contribution is -2.30. The summed E-state index contributed by atoms with van der Waals surface area (Å²) in [7, 11) is 0. The third-order valence-electron chi connectivity index (χ3n) is 11.2. The topological polar surface area (TPSA) is 0 Å². The van der Waals surface area contributed by atoms with Crippen molar-refractivity contribution in [3.05, 3.63) is 5.92 Å². The Morgan fingerprint density at radius 1 is 0.244 bits per heavy atom. The Bertz CT molecular complexity index is 522. The fourth-order valence-corrected chi connectivity index (χ4v) is 8.06. The maximum absolute atomic E-state index is 2.42. The quantitative estimate of drug-likeness (QED) is 0.0592. The third kappa shape index (κ3) is 28.7. The lowest BCUT2D eigenvalue weighted by atomic mass is 9.62. The summed E-state index contributed by atoms with van der Waals surface area (Å²) in [6, 6.07) is 0. The molecule has 0 heteroatoms. The summed E-state index contributed by atoms with van der Waals surface area (Å²) >= 11 is 0. The van der Waals surface area contributed by atoms with Crippen molar-refractivity contribution >= 4 is 0 Å². The molecule has 0 saturated carbocycles. The van der Waals surface area contributed by atoms with Gasteiger partial charge in [0.05, 0.1) is 0 Å². The minimum absolute atomic E-state index is 0.560. The smallest absolute Gasteiger partial charge is 0.0179 e. The number of rotatable bonds is 39. The molecule has 45 heavy (non-hydrogen) atoms. The zero-order chi connectivity index (χ0) is 32.9. The lowest BCUT2D eigenvalue weighted by molar-refractivity contribution is 0.189. The van der Waals surface area contributed by atoms with Crippen molar-refractivity contribution in [2.24, 2.45) is 5.41 Å². The fourth-order valence-electron chi connectivity index (χ4n) is 8.06. The van der Waals surface area contributed by atoms with Gasteiger partial charge in [0.2, 0.25) is 0 Å². The summed E-state index contributed by atoms with van der Waals surface area (Å²) in [4.78, 5) is 0. The zero-order valence-electron chi connectivity index (χ0n) is 32.9. The molecule has 0 aromatic rings. The summed E-state index contributed by atoms with van der Waals surface area (Å²) in [6.45, 7) is 11.8. The first-order valence-corrected chi connectivity index (χ1v) is 22.1. The summed E-state index contributed by atoms with van der Waals surface area (Å²) in [5, 5.41) is 0. The van der Waals surface area contributed by atoms with Crippen molar-refractivity contribution in [1.82, 2.24) is 0 Å². The van der Waals surface area contributed by atoms with Crippen LogP contribution >= 0.6 is 0 Å². The summed E-state index contributed by atoms with van der Waals surface area (Å²) in [6.07, 6.45) is 55.5. The van der Waals surface area contributed by atoms with Gasteiger partial charge >= 0.3 is 0 Å². The monoisotopic (exact) mass is 632 g/mol. The molecule has 0 aromatic carbocycles. The first kappa shape index (κ1) is 45.0. The van der Waals surface area contributed by atoms with Crippen LogP contribution in [0.25, 0.3) is 0 Å². The van der Waals surface area contributed by atoms with Gasteiger partial charge in [0, 0.05) is 0 Å². The Balaban J connectivity index is 5.46. The molecular weight excluding hydrogens is 540 g/mol. The summed E-state index contributed by atoms with van der Waals surface area (Å²) in [5.41, 5.74) is 0.560. The second-order valence-electron chi connectivity index (χ2n) is 15.5. The van der Waals surface area contributed by atoms with Crippen LogP contribution < -0.4 is 0 Å². The van der Waals surface area contributed by atoms with Crippen LogP contribution in [0.1, 0.15) is 279 Å². The molecule has 0 rings (SSSR count). The second-order valence-corrected chi connectivity index (χ2v) is 15.5. The molecule has 0 amide bonds. The van der Waals surface area contributed by atoms with Gasteiger partial charge in [-0.2, -0.15) is 0 Å². The molecule has 0 saturated heterocycles. The van der Waals surface area contributed by atoms with Gasteiger partial charge in [0.25, 0.3) is 0 Å². The van der Waals surface area contributed by atoms with Gasteiger partial charge in [-0.05, 0) is 43.4 Å². The molecule has 0 aliphatic carbocycles. The molecule has 1 atom stereocenters. The van der Waals surface area contributed by atoms with E-state index in [1.807, 2.05) is 0 Å². The standard InChI is InChI=1S/C45H91/c1-6-11-16-20-24-26-29-33-38-43-45(41-36-15-10-5,42-37-32-28-25-21-17-12-7-2)44(39-34-30-23-19-14-9-4)40-35-31-27-22-18-13-8-3/h6-43H2,1-5H3. The molecule has 1 radical (unpaired) electrons. The minimum atomic E-state index is 0.560. The van der Waals surface area contributed by atoms with Crippen molar-refractivity contribution in [2.45, 2.75) is 279 Å². The SMILES string of the molecule is CCCCCCCCCCCC(CCCCC)(CCCCCCCCCC)[C](CCCCCCCC)CCCCCCCCC. The lowest BCUT2D eigenvalue weighted by Gasteiger charge is -2.42. The summed E-state index contributed by atoms with van der Waals surface area (Å²) in [5.74, 6) is 2.07. The van der Waals surface area contributed by atoms with Crippen LogP contribution in [0, 0.1) is 11.3 Å². The van der Waals surface area contributed by atoms with Gasteiger partial charge in [0.15, 0.2) is 0 Å². The molecule has 0 aliphatic rings. The third-order valence-corrected chi connectivity index (χ3v) is 11.2. The zero-order valence-corrected chi connectivity index (χ0v) is 32.9. The molecule has 0 aliphatic heterocycles. The highest BCUT2D eigenvalue weighted by Crippen LogP contribution is 2.49. The highest BCUT2D eigenvalue weighted by Gasteiger charge is 2.37. The van der Waals surface area contributed by atoms with E-state index in [1.54, 1.807) is 0 Å². The van der Waals surface area contributed by atoms with E-state index in [4.69, 9.17) is 0 Å².